The third-order valence-corrected chi connectivity index (χ3v) is 4.11. The second-order valence-electron chi connectivity index (χ2n) is 6.65. The van der Waals surface area contributed by atoms with E-state index < -0.39 is 0 Å². The summed E-state index contributed by atoms with van der Waals surface area (Å²) in [7, 11) is 2.14. The monoisotopic (exact) mass is 257 g/mol. The minimum atomic E-state index is -0.164. The standard InChI is InChI=1S/C16H23N3/c1-16(2,17)10-11-7-8-13-14(9-11)19(3)15(18-13)12-5-4-6-12/h7-9,12H,4-6,10,17H2,1-3H3. The van der Waals surface area contributed by atoms with E-state index in [4.69, 9.17) is 10.7 Å². The van der Waals surface area contributed by atoms with E-state index in [0.717, 1.165) is 11.9 Å². The van der Waals surface area contributed by atoms with Gasteiger partial charge in [0.25, 0.3) is 0 Å². The number of hydrogen-bond acceptors (Lipinski definition) is 2. The molecule has 0 aliphatic heterocycles. The third kappa shape index (κ3) is 2.39. The summed E-state index contributed by atoms with van der Waals surface area (Å²) in [5.74, 6) is 1.93. The van der Waals surface area contributed by atoms with Crippen LogP contribution in [0.1, 0.15) is 50.4 Å². The van der Waals surface area contributed by atoms with Crippen LogP contribution in [0.2, 0.25) is 0 Å². The fourth-order valence-electron chi connectivity index (χ4n) is 2.92. The molecule has 102 valence electrons. The van der Waals surface area contributed by atoms with Gasteiger partial charge >= 0.3 is 0 Å². The van der Waals surface area contributed by atoms with E-state index in [1.807, 2.05) is 0 Å². The number of fused-ring (bicyclic) bond motifs is 1. The average Bonchev–Trinajstić information content (AvgIpc) is 2.53. The Labute approximate surface area is 114 Å². The van der Waals surface area contributed by atoms with Gasteiger partial charge in [-0.1, -0.05) is 12.5 Å². The number of benzene rings is 1. The highest BCUT2D eigenvalue weighted by Gasteiger charge is 2.24. The Morgan fingerprint density at radius 1 is 1.37 bits per heavy atom. The second kappa shape index (κ2) is 4.34. The molecule has 1 aromatic carbocycles. The fourth-order valence-corrected chi connectivity index (χ4v) is 2.92. The Morgan fingerprint density at radius 3 is 2.68 bits per heavy atom. The second-order valence-corrected chi connectivity index (χ2v) is 6.65. The maximum atomic E-state index is 6.11. The molecule has 0 atom stereocenters. The molecular formula is C16H23N3. The first kappa shape index (κ1) is 12.7. The van der Waals surface area contributed by atoms with Crippen LogP contribution < -0.4 is 5.73 Å². The number of hydrogen-bond donors (Lipinski definition) is 1. The first-order valence-electron chi connectivity index (χ1n) is 7.18. The molecule has 0 unspecified atom stereocenters. The zero-order valence-electron chi connectivity index (χ0n) is 12.1. The number of aromatic nitrogens is 2. The molecule has 0 spiro atoms. The molecule has 0 saturated heterocycles. The van der Waals surface area contributed by atoms with Crippen LogP contribution in [0, 0.1) is 0 Å². The lowest BCUT2D eigenvalue weighted by Gasteiger charge is -2.24. The van der Waals surface area contributed by atoms with Crippen molar-refractivity contribution in [3.05, 3.63) is 29.6 Å². The number of aryl methyl sites for hydroxylation is 1. The first-order valence-corrected chi connectivity index (χ1v) is 7.18. The minimum absolute atomic E-state index is 0.164. The number of rotatable bonds is 3. The van der Waals surface area contributed by atoms with Crippen LogP contribution in [0.15, 0.2) is 18.2 Å². The van der Waals surface area contributed by atoms with Gasteiger partial charge in [-0.2, -0.15) is 0 Å². The molecule has 0 bridgehead atoms. The summed E-state index contributed by atoms with van der Waals surface area (Å²) in [6, 6.07) is 6.55. The van der Waals surface area contributed by atoms with Gasteiger partial charge < -0.3 is 10.3 Å². The molecule has 3 heteroatoms. The quantitative estimate of drug-likeness (QED) is 0.918. The maximum absolute atomic E-state index is 6.11. The first-order chi connectivity index (χ1) is 8.94. The molecule has 1 aliphatic carbocycles. The van der Waals surface area contributed by atoms with Gasteiger partial charge in [-0.15, -0.1) is 0 Å². The van der Waals surface area contributed by atoms with Crippen molar-refractivity contribution in [2.75, 3.05) is 0 Å². The SMILES string of the molecule is Cn1c(C2CCC2)nc2ccc(CC(C)(C)N)cc21. The van der Waals surface area contributed by atoms with Gasteiger partial charge in [-0.05, 0) is 50.8 Å². The lowest BCUT2D eigenvalue weighted by atomic mass is 9.85. The summed E-state index contributed by atoms with van der Waals surface area (Å²) in [5, 5.41) is 0. The molecule has 1 aliphatic rings. The van der Waals surface area contributed by atoms with Crippen LogP contribution in [0.25, 0.3) is 11.0 Å². The minimum Gasteiger partial charge on any atom is -0.331 e. The molecule has 3 nitrogen and oxygen atoms in total. The van der Waals surface area contributed by atoms with E-state index in [0.29, 0.717) is 5.92 Å². The van der Waals surface area contributed by atoms with E-state index in [2.05, 4.69) is 43.7 Å². The van der Waals surface area contributed by atoms with Crippen LogP contribution in [0.5, 0.6) is 0 Å². The Hall–Kier alpha value is -1.35. The third-order valence-electron chi connectivity index (χ3n) is 4.11. The van der Waals surface area contributed by atoms with Crippen LogP contribution in [0.4, 0.5) is 0 Å². The van der Waals surface area contributed by atoms with Crippen molar-refractivity contribution in [2.45, 2.75) is 51.0 Å². The van der Waals surface area contributed by atoms with Gasteiger partial charge in [0.15, 0.2) is 0 Å². The van der Waals surface area contributed by atoms with Gasteiger partial charge in [0.05, 0.1) is 11.0 Å². The zero-order chi connectivity index (χ0) is 13.6. The molecule has 1 saturated carbocycles. The molecule has 2 aromatic rings. The largest absolute Gasteiger partial charge is 0.331 e. The van der Waals surface area contributed by atoms with E-state index >= 15 is 0 Å². The highest BCUT2D eigenvalue weighted by atomic mass is 15.1. The molecule has 0 amide bonds. The van der Waals surface area contributed by atoms with Crippen molar-refractivity contribution in [1.29, 1.82) is 0 Å². The summed E-state index contributed by atoms with van der Waals surface area (Å²) < 4.78 is 2.27. The fraction of sp³-hybridized carbons (Fsp3) is 0.562. The Balaban J connectivity index is 2.00. The van der Waals surface area contributed by atoms with Crippen molar-refractivity contribution in [2.24, 2.45) is 12.8 Å². The summed E-state index contributed by atoms with van der Waals surface area (Å²) >= 11 is 0. The Morgan fingerprint density at radius 2 is 2.11 bits per heavy atom. The Kier molecular flexibility index (Phi) is 2.90. The van der Waals surface area contributed by atoms with E-state index in [-0.39, 0.29) is 5.54 Å². The number of nitrogens with two attached hydrogens (primary N) is 1. The van der Waals surface area contributed by atoms with Crippen LogP contribution in [0.3, 0.4) is 0 Å². The predicted octanol–water partition coefficient (Wildman–Crippen LogP) is 3.12. The average molecular weight is 257 g/mol. The smallest absolute Gasteiger partial charge is 0.112 e. The van der Waals surface area contributed by atoms with Crippen molar-refractivity contribution in [3.8, 4) is 0 Å². The lowest BCUT2D eigenvalue weighted by molar-refractivity contribution is 0.394. The zero-order valence-corrected chi connectivity index (χ0v) is 12.1. The van der Waals surface area contributed by atoms with Crippen LogP contribution in [-0.2, 0) is 13.5 Å². The molecular weight excluding hydrogens is 234 g/mol. The highest BCUT2D eigenvalue weighted by molar-refractivity contribution is 5.77. The predicted molar refractivity (Wildman–Crippen MR) is 79.3 cm³/mol. The van der Waals surface area contributed by atoms with Crippen molar-refractivity contribution in [1.82, 2.24) is 9.55 Å². The molecule has 1 fully saturated rings. The van der Waals surface area contributed by atoms with Crippen LogP contribution in [-0.4, -0.2) is 15.1 Å². The molecule has 1 aromatic heterocycles. The topological polar surface area (TPSA) is 43.8 Å². The molecule has 19 heavy (non-hydrogen) atoms. The molecule has 2 N–H and O–H groups in total. The summed E-state index contributed by atoms with van der Waals surface area (Å²) in [4.78, 5) is 4.80. The van der Waals surface area contributed by atoms with Gasteiger partial charge in [0.1, 0.15) is 5.82 Å². The van der Waals surface area contributed by atoms with Gasteiger partial charge in [-0.25, -0.2) is 4.98 Å². The number of imidazole rings is 1. The summed E-state index contributed by atoms with van der Waals surface area (Å²) in [6.45, 7) is 4.14. The highest BCUT2D eigenvalue weighted by Crippen LogP contribution is 2.36. The van der Waals surface area contributed by atoms with Gasteiger partial charge in [-0.3, -0.25) is 0 Å². The van der Waals surface area contributed by atoms with Gasteiger partial charge in [0, 0.05) is 18.5 Å². The number of nitrogens with zero attached hydrogens (tertiary/aromatic N) is 2. The van der Waals surface area contributed by atoms with E-state index in [1.54, 1.807) is 0 Å². The van der Waals surface area contributed by atoms with Crippen molar-refractivity contribution >= 4 is 11.0 Å². The van der Waals surface area contributed by atoms with Gasteiger partial charge in [0.2, 0.25) is 0 Å². The van der Waals surface area contributed by atoms with Crippen molar-refractivity contribution in [3.63, 3.8) is 0 Å². The van der Waals surface area contributed by atoms with Crippen molar-refractivity contribution < 1.29 is 0 Å². The van der Waals surface area contributed by atoms with E-state index in [9.17, 15) is 0 Å². The normalized spacial score (nSPS) is 16.8. The Bertz CT molecular complexity index is 600. The maximum Gasteiger partial charge on any atom is 0.112 e. The summed E-state index contributed by atoms with van der Waals surface area (Å²) in [5.41, 5.74) is 9.60. The summed E-state index contributed by atoms with van der Waals surface area (Å²) in [6.07, 6.45) is 4.83. The van der Waals surface area contributed by atoms with Crippen LogP contribution >= 0.6 is 0 Å². The van der Waals surface area contributed by atoms with E-state index in [1.165, 1.54) is 36.2 Å². The molecule has 0 radical (unpaired) electrons. The lowest BCUT2D eigenvalue weighted by Crippen LogP contribution is -2.34. The molecule has 3 rings (SSSR count). The molecule has 1 heterocycles.